The molecular formula is C14H19ClO3. The van der Waals surface area contributed by atoms with Crippen LogP contribution in [0.15, 0.2) is 18.2 Å². The van der Waals surface area contributed by atoms with Gasteiger partial charge >= 0.3 is 0 Å². The van der Waals surface area contributed by atoms with E-state index in [1.165, 1.54) is 5.56 Å². The van der Waals surface area contributed by atoms with Gasteiger partial charge in [0.15, 0.2) is 11.5 Å². The van der Waals surface area contributed by atoms with E-state index in [-0.39, 0.29) is 5.60 Å². The molecule has 0 atom stereocenters. The van der Waals surface area contributed by atoms with Crippen molar-refractivity contribution in [3.8, 4) is 11.5 Å². The number of ether oxygens (including phenoxy) is 3. The lowest BCUT2D eigenvalue weighted by atomic mass is 10.0. The average Bonchev–Trinajstić information content (AvgIpc) is 2.63. The molecule has 1 aliphatic rings. The van der Waals surface area contributed by atoms with Gasteiger partial charge in [-0.25, -0.2) is 0 Å². The summed E-state index contributed by atoms with van der Waals surface area (Å²) >= 11 is 5.52. The average molecular weight is 271 g/mol. The Hall–Kier alpha value is -0.930. The van der Waals surface area contributed by atoms with Crippen molar-refractivity contribution in [2.75, 3.05) is 25.7 Å². The van der Waals surface area contributed by atoms with Gasteiger partial charge in [-0.15, -0.1) is 11.6 Å². The molecule has 2 rings (SSSR count). The van der Waals surface area contributed by atoms with E-state index in [4.69, 9.17) is 25.8 Å². The van der Waals surface area contributed by atoms with Gasteiger partial charge in [0.2, 0.25) is 0 Å². The molecule has 0 aliphatic carbocycles. The fourth-order valence-corrected chi connectivity index (χ4v) is 2.18. The van der Waals surface area contributed by atoms with E-state index in [1.807, 2.05) is 12.1 Å². The zero-order valence-electron chi connectivity index (χ0n) is 10.9. The summed E-state index contributed by atoms with van der Waals surface area (Å²) in [5.74, 6) is 2.19. The van der Waals surface area contributed by atoms with Gasteiger partial charge in [0.25, 0.3) is 0 Å². The minimum absolute atomic E-state index is 0.142. The van der Waals surface area contributed by atoms with Crippen molar-refractivity contribution < 1.29 is 14.2 Å². The molecule has 0 spiro atoms. The molecule has 18 heavy (non-hydrogen) atoms. The molecule has 0 radical (unpaired) electrons. The molecule has 0 unspecified atom stereocenters. The molecular weight excluding hydrogens is 252 g/mol. The summed E-state index contributed by atoms with van der Waals surface area (Å²) in [5.41, 5.74) is 1.07. The van der Waals surface area contributed by atoms with Gasteiger partial charge in [0.1, 0.15) is 12.2 Å². The molecule has 0 aromatic heterocycles. The topological polar surface area (TPSA) is 27.7 Å². The van der Waals surface area contributed by atoms with Crippen LogP contribution in [-0.2, 0) is 11.2 Å². The Morgan fingerprint density at radius 1 is 1.28 bits per heavy atom. The molecule has 0 amide bonds. The molecule has 0 saturated heterocycles. The first kappa shape index (κ1) is 13.5. The van der Waals surface area contributed by atoms with Crippen molar-refractivity contribution in [2.24, 2.45) is 0 Å². The van der Waals surface area contributed by atoms with Crippen LogP contribution < -0.4 is 9.47 Å². The lowest BCUT2D eigenvalue weighted by Crippen LogP contribution is -2.24. The SMILES string of the molecule is CC1(C)Cc2cccc(OCCOCCCl)c2O1. The summed E-state index contributed by atoms with van der Waals surface area (Å²) in [7, 11) is 0. The van der Waals surface area contributed by atoms with Crippen molar-refractivity contribution in [1.82, 2.24) is 0 Å². The van der Waals surface area contributed by atoms with Crippen LogP contribution in [0, 0.1) is 0 Å². The van der Waals surface area contributed by atoms with E-state index in [0.29, 0.717) is 25.7 Å². The molecule has 0 saturated carbocycles. The standard InChI is InChI=1S/C14H19ClO3/c1-14(2)10-11-4-3-5-12(13(11)18-14)17-9-8-16-7-6-15/h3-5H,6-10H2,1-2H3. The normalized spacial score (nSPS) is 16.2. The highest BCUT2D eigenvalue weighted by Crippen LogP contribution is 2.41. The zero-order valence-corrected chi connectivity index (χ0v) is 11.6. The Balaban J connectivity index is 1.93. The van der Waals surface area contributed by atoms with Gasteiger partial charge in [-0.2, -0.15) is 0 Å². The minimum Gasteiger partial charge on any atom is -0.487 e. The fourth-order valence-electron chi connectivity index (χ4n) is 2.07. The van der Waals surface area contributed by atoms with Crippen LogP contribution >= 0.6 is 11.6 Å². The number of fused-ring (bicyclic) bond motifs is 1. The van der Waals surface area contributed by atoms with Crippen molar-refractivity contribution in [3.63, 3.8) is 0 Å². The molecule has 0 fully saturated rings. The predicted molar refractivity (Wildman–Crippen MR) is 71.9 cm³/mol. The van der Waals surface area contributed by atoms with E-state index in [9.17, 15) is 0 Å². The number of halogens is 1. The Kier molecular flexibility index (Phi) is 4.36. The van der Waals surface area contributed by atoms with Crippen LogP contribution in [0.3, 0.4) is 0 Å². The number of rotatable bonds is 6. The molecule has 4 heteroatoms. The predicted octanol–water partition coefficient (Wildman–Crippen LogP) is 3.03. The molecule has 3 nitrogen and oxygen atoms in total. The maximum Gasteiger partial charge on any atom is 0.165 e. The maximum absolute atomic E-state index is 5.92. The third-order valence-electron chi connectivity index (χ3n) is 2.76. The highest BCUT2D eigenvalue weighted by Gasteiger charge is 2.32. The van der Waals surface area contributed by atoms with Gasteiger partial charge in [0, 0.05) is 17.9 Å². The first-order valence-electron chi connectivity index (χ1n) is 6.20. The van der Waals surface area contributed by atoms with Gasteiger partial charge in [-0.05, 0) is 19.9 Å². The summed E-state index contributed by atoms with van der Waals surface area (Å²) < 4.78 is 16.9. The summed E-state index contributed by atoms with van der Waals surface area (Å²) in [6.07, 6.45) is 0.919. The molecule has 1 aliphatic heterocycles. The van der Waals surface area contributed by atoms with Crippen LogP contribution in [0.4, 0.5) is 0 Å². The quantitative estimate of drug-likeness (QED) is 0.587. The minimum atomic E-state index is -0.142. The molecule has 100 valence electrons. The van der Waals surface area contributed by atoms with Crippen LogP contribution in [0.1, 0.15) is 19.4 Å². The highest BCUT2D eigenvalue weighted by molar-refractivity contribution is 6.17. The first-order valence-corrected chi connectivity index (χ1v) is 6.73. The van der Waals surface area contributed by atoms with E-state index >= 15 is 0 Å². The lowest BCUT2D eigenvalue weighted by molar-refractivity contribution is 0.103. The second kappa shape index (κ2) is 5.81. The Labute approximate surface area is 113 Å². The van der Waals surface area contributed by atoms with Gasteiger partial charge in [0.05, 0.1) is 13.2 Å². The van der Waals surface area contributed by atoms with Gasteiger partial charge in [-0.3, -0.25) is 0 Å². The Bertz CT molecular complexity index is 404. The van der Waals surface area contributed by atoms with Crippen LogP contribution in [-0.4, -0.2) is 31.3 Å². The summed E-state index contributed by atoms with van der Waals surface area (Å²) in [4.78, 5) is 0. The summed E-state index contributed by atoms with van der Waals surface area (Å²) in [6.45, 7) is 5.78. The fraction of sp³-hybridized carbons (Fsp3) is 0.571. The number of alkyl halides is 1. The maximum atomic E-state index is 5.92. The Morgan fingerprint density at radius 2 is 2.11 bits per heavy atom. The zero-order chi connectivity index (χ0) is 13.0. The van der Waals surface area contributed by atoms with Crippen LogP contribution in [0.2, 0.25) is 0 Å². The van der Waals surface area contributed by atoms with E-state index < -0.39 is 0 Å². The number of benzene rings is 1. The smallest absolute Gasteiger partial charge is 0.165 e. The van der Waals surface area contributed by atoms with Crippen molar-refractivity contribution in [1.29, 1.82) is 0 Å². The second-order valence-electron chi connectivity index (χ2n) is 4.93. The van der Waals surface area contributed by atoms with E-state index in [0.717, 1.165) is 17.9 Å². The third-order valence-corrected chi connectivity index (χ3v) is 2.92. The molecule has 1 aromatic carbocycles. The van der Waals surface area contributed by atoms with E-state index in [1.54, 1.807) is 0 Å². The lowest BCUT2D eigenvalue weighted by Gasteiger charge is -2.18. The Morgan fingerprint density at radius 3 is 2.89 bits per heavy atom. The van der Waals surface area contributed by atoms with Crippen molar-refractivity contribution in [2.45, 2.75) is 25.9 Å². The molecule has 0 bridgehead atoms. The van der Waals surface area contributed by atoms with Crippen LogP contribution in [0.25, 0.3) is 0 Å². The summed E-state index contributed by atoms with van der Waals surface area (Å²) in [5, 5.41) is 0. The largest absolute Gasteiger partial charge is 0.487 e. The van der Waals surface area contributed by atoms with Crippen molar-refractivity contribution in [3.05, 3.63) is 23.8 Å². The molecule has 1 heterocycles. The second-order valence-corrected chi connectivity index (χ2v) is 5.31. The molecule has 1 aromatic rings. The van der Waals surface area contributed by atoms with E-state index in [2.05, 4.69) is 19.9 Å². The first-order chi connectivity index (χ1) is 8.62. The van der Waals surface area contributed by atoms with Gasteiger partial charge in [-0.1, -0.05) is 12.1 Å². The monoisotopic (exact) mass is 270 g/mol. The van der Waals surface area contributed by atoms with Crippen LogP contribution in [0.5, 0.6) is 11.5 Å². The van der Waals surface area contributed by atoms with Gasteiger partial charge < -0.3 is 14.2 Å². The number of hydrogen-bond donors (Lipinski definition) is 0. The third kappa shape index (κ3) is 3.30. The number of hydrogen-bond acceptors (Lipinski definition) is 3. The summed E-state index contributed by atoms with van der Waals surface area (Å²) in [6, 6.07) is 6.02. The van der Waals surface area contributed by atoms with Crippen molar-refractivity contribution >= 4 is 11.6 Å². The highest BCUT2D eigenvalue weighted by atomic mass is 35.5. The molecule has 0 N–H and O–H groups in total. The number of para-hydroxylation sites is 1.